The SMILES string of the molecule is CC(C)C(=O)N[C@H](CCC(=O)NO)C(=O)N[C@H](Cc1ccc2ccccc2c1)C(=O)N[C@@H](C)C(N)=O. The second kappa shape index (κ2) is 13.2. The predicted molar refractivity (Wildman–Crippen MR) is 132 cm³/mol. The highest BCUT2D eigenvalue weighted by Gasteiger charge is 2.29. The minimum Gasteiger partial charge on any atom is -0.368 e. The first kappa shape index (κ1) is 28.2. The van der Waals surface area contributed by atoms with Crippen LogP contribution in [0.3, 0.4) is 0 Å². The van der Waals surface area contributed by atoms with Crippen molar-refractivity contribution in [1.82, 2.24) is 21.4 Å². The number of benzene rings is 2. The maximum absolute atomic E-state index is 13.1. The molecule has 0 aliphatic rings. The average Bonchev–Trinajstić information content (AvgIpc) is 2.85. The van der Waals surface area contributed by atoms with Gasteiger partial charge in [-0.15, -0.1) is 0 Å². The lowest BCUT2D eigenvalue weighted by Gasteiger charge is -2.24. The van der Waals surface area contributed by atoms with E-state index in [9.17, 15) is 24.0 Å². The number of rotatable bonds is 12. The molecule has 0 fully saturated rings. The van der Waals surface area contributed by atoms with E-state index in [-0.39, 0.29) is 19.3 Å². The van der Waals surface area contributed by atoms with Gasteiger partial charge in [0, 0.05) is 18.8 Å². The molecule has 0 aliphatic heterocycles. The van der Waals surface area contributed by atoms with Gasteiger partial charge < -0.3 is 21.7 Å². The molecule has 5 amide bonds. The molecule has 0 bridgehead atoms. The fraction of sp³-hybridized carbons (Fsp3) is 0.400. The Morgan fingerprint density at radius 1 is 0.833 bits per heavy atom. The number of primary amides is 1. The highest BCUT2D eigenvalue weighted by atomic mass is 16.5. The van der Waals surface area contributed by atoms with E-state index in [1.807, 2.05) is 42.5 Å². The molecule has 7 N–H and O–H groups in total. The Labute approximate surface area is 209 Å². The van der Waals surface area contributed by atoms with Crippen LogP contribution in [0.1, 0.15) is 39.2 Å². The first-order valence-corrected chi connectivity index (χ1v) is 11.6. The van der Waals surface area contributed by atoms with Crippen LogP contribution in [0.15, 0.2) is 42.5 Å². The van der Waals surface area contributed by atoms with Crippen molar-refractivity contribution in [3.8, 4) is 0 Å². The molecule has 36 heavy (non-hydrogen) atoms. The lowest BCUT2D eigenvalue weighted by atomic mass is 10.00. The van der Waals surface area contributed by atoms with E-state index < -0.39 is 53.6 Å². The Morgan fingerprint density at radius 3 is 2.06 bits per heavy atom. The van der Waals surface area contributed by atoms with Crippen LogP contribution in [0, 0.1) is 5.92 Å². The summed E-state index contributed by atoms with van der Waals surface area (Å²) in [4.78, 5) is 61.4. The second-order valence-electron chi connectivity index (χ2n) is 8.87. The third kappa shape index (κ3) is 8.35. The minimum absolute atomic E-state index is 0.0931. The first-order chi connectivity index (χ1) is 17.0. The van der Waals surface area contributed by atoms with Gasteiger partial charge in [-0.3, -0.25) is 29.2 Å². The standard InChI is InChI=1S/C25H33N5O6/c1-14(2)23(33)28-19(10-11-21(31)30-36)24(34)29-20(25(35)27-15(3)22(26)32)13-16-8-9-17-6-4-5-7-18(17)12-16/h4-9,12,14-15,19-20,36H,10-11,13H2,1-3H3,(H2,26,32)(H,27,35)(H,28,33)(H,29,34)(H,30,31)/t15-,19+,20+/m0/s1. The zero-order valence-electron chi connectivity index (χ0n) is 20.5. The number of hydroxylamine groups is 1. The summed E-state index contributed by atoms with van der Waals surface area (Å²) in [6, 6.07) is 10.1. The largest absolute Gasteiger partial charge is 0.368 e. The third-order valence-corrected chi connectivity index (χ3v) is 5.61. The summed E-state index contributed by atoms with van der Waals surface area (Å²) < 4.78 is 0. The molecular weight excluding hydrogens is 466 g/mol. The molecular formula is C25H33N5O6. The summed E-state index contributed by atoms with van der Waals surface area (Å²) in [6.07, 6.45) is -0.262. The molecule has 0 radical (unpaired) electrons. The van der Waals surface area contributed by atoms with Crippen molar-refractivity contribution in [3.63, 3.8) is 0 Å². The van der Waals surface area contributed by atoms with Gasteiger partial charge in [-0.05, 0) is 29.7 Å². The van der Waals surface area contributed by atoms with E-state index in [4.69, 9.17) is 10.9 Å². The van der Waals surface area contributed by atoms with E-state index in [2.05, 4.69) is 16.0 Å². The molecule has 0 saturated heterocycles. The fourth-order valence-corrected chi connectivity index (χ4v) is 3.41. The van der Waals surface area contributed by atoms with E-state index >= 15 is 0 Å². The number of hydrogen-bond donors (Lipinski definition) is 6. The van der Waals surface area contributed by atoms with Crippen LogP contribution in [0.2, 0.25) is 0 Å². The number of nitrogens with one attached hydrogen (secondary N) is 4. The maximum atomic E-state index is 13.1. The summed E-state index contributed by atoms with van der Waals surface area (Å²) in [6.45, 7) is 4.71. The lowest BCUT2D eigenvalue weighted by Crippen LogP contribution is -2.57. The molecule has 11 nitrogen and oxygen atoms in total. The van der Waals surface area contributed by atoms with Gasteiger partial charge in [0.1, 0.15) is 18.1 Å². The van der Waals surface area contributed by atoms with Crippen LogP contribution in [0.4, 0.5) is 0 Å². The van der Waals surface area contributed by atoms with Crippen molar-refractivity contribution < 1.29 is 29.2 Å². The monoisotopic (exact) mass is 499 g/mol. The minimum atomic E-state index is -1.14. The van der Waals surface area contributed by atoms with Crippen LogP contribution < -0.4 is 27.2 Å². The van der Waals surface area contributed by atoms with Crippen molar-refractivity contribution in [2.24, 2.45) is 11.7 Å². The van der Waals surface area contributed by atoms with Crippen molar-refractivity contribution in [2.45, 2.75) is 58.2 Å². The number of carbonyl (C=O) groups excluding carboxylic acids is 5. The summed E-state index contributed by atoms with van der Waals surface area (Å²) in [7, 11) is 0. The summed E-state index contributed by atoms with van der Waals surface area (Å²) in [5.74, 6) is -3.65. The van der Waals surface area contributed by atoms with Crippen molar-refractivity contribution in [1.29, 1.82) is 0 Å². The molecule has 2 rings (SSSR count). The third-order valence-electron chi connectivity index (χ3n) is 5.61. The van der Waals surface area contributed by atoms with Gasteiger partial charge in [-0.2, -0.15) is 0 Å². The van der Waals surface area contributed by atoms with Gasteiger partial charge in [0.25, 0.3) is 0 Å². The topological polar surface area (TPSA) is 180 Å². The van der Waals surface area contributed by atoms with Crippen molar-refractivity contribution >= 4 is 40.3 Å². The Bertz CT molecular complexity index is 1120. The lowest BCUT2D eigenvalue weighted by molar-refractivity contribution is -0.134. The molecule has 0 heterocycles. The van der Waals surface area contributed by atoms with E-state index in [1.54, 1.807) is 13.8 Å². The number of hydrogen-bond acceptors (Lipinski definition) is 6. The second-order valence-corrected chi connectivity index (χ2v) is 8.87. The highest BCUT2D eigenvalue weighted by Crippen LogP contribution is 2.17. The number of fused-ring (bicyclic) bond motifs is 1. The first-order valence-electron chi connectivity index (χ1n) is 11.6. The maximum Gasteiger partial charge on any atom is 0.243 e. The molecule has 0 aliphatic carbocycles. The van der Waals surface area contributed by atoms with E-state index in [0.717, 1.165) is 16.3 Å². The normalized spacial score (nSPS) is 13.4. The number of amides is 5. The van der Waals surface area contributed by atoms with Crippen LogP contribution in [0.25, 0.3) is 10.8 Å². The van der Waals surface area contributed by atoms with Gasteiger partial charge in [0.05, 0.1) is 0 Å². The highest BCUT2D eigenvalue weighted by molar-refractivity contribution is 5.94. The Kier molecular flexibility index (Phi) is 10.4. The molecule has 2 aromatic rings. The molecule has 2 aromatic carbocycles. The summed E-state index contributed by atoms with van der Waals surface area (Å²) in [5.41, 5.74) is 7.50. The summed E-state index contributed by atoms with van der Waals surface area (Å²) in [5, 5.41) is 18.4. The molecule has 194 valence electrons. The summed E-state index contributed by atoms with van der Waals surface area (Å²) >= 11 is 0. The van der Waals surface area contributed by atoms with Gasteiger partial charge in [0.15, 0.2) is 0 Å². The fourth-order valence-electron chi connectivity index (χ4n) is 3.41. The Morgan fingerprint density at radius 2 is 1.44 bits per heavy atom. The Hall–Kier alpha value is -3.99. The van der Waals surface area contributed by atoms with Crippen molar-refractivity contribution in [3.05, 3.63) is 48.0 Å². The van der Waals surface area contributed by atoms with Crippen LogP contribution in [-0.2, 0) is 30.4 Å². The quantitative estimate of drug-likeness (QED) is 0.180. The Balaban J connectivity index is 2.29. The van der Waals surface area contributed by atoms with Gasteiger partial charge >= 0.3 is 0 Å². The van der Waals surface area contributed by atoms with Gasteiger partial charge in [0.2, 0.25) is 29.5 Å². The zero-order valence-corrected chi connectivity index (χ0v) is 20.5. The molecule has 0 spiro atoms. The number of carbonyl (C=O) groups is 5. The molecule has 11 heteroatoms. The van der Waals surface area contributed by atoms with Crippen LogP contribution in [0.5, 0.6) is 0 Å². The van der Waals surface area contributed by atoms with Crippen LogP contribution >= 0.6 is 0 Å². The average molecular weight is 500 g/mol. The van der Waals surface area contributed by atoms with E-state index in [1.165, 1.54) is 12.4 Å². The molecule has 0 saturated carbocycles. The zero-order chi connectivity index (χ0) is 26.8. The molecule has 0 unspecified atom stereocenters. The van der Waals surface area contributed by atoms with Crippen molar-refractivity contribution in [2.75, 3.05) is 0 Å². The van der Waals surface area contributed by atoms with Gasteiger partial charge in [-0.1, -0.05) is 56.3 Å². The smallest absolute Gasteiger partial charge is 0.243 e. The molecule has 0 aromatic heterocycles. The predicted octanol–water partition coefficient (Wildman–Crippen LogP) is 0.284. The number of nitrogens with two attached hydrogens (primary N) is 1. The van der Waals surface area contributed by atoms with E-state index in [0.29, 0.717) is 0 Å². The molecule has 3 atom stereocenters. The van der Waals surface area contributed by atoms with Crippen LogP contribution in [-0.4, -0.2) is 52.9 Å². The van der Waals surface area contributed by atoms with Gasteiger partial charge in [-0.25, -0.2) is 5.48 Å².